The van der Waals surface area contributed by atoms with Crippen LogP contribution < -0.4 is 5.32 Å². The maximum absolute atomic E-state index is 14.2. The van der Waals surface area contributed by atoms with Gasteiger partial charge in [-0.1, -0.05) is 12.1 Å². The highest BCUT2D eigenvalue weighted by molar-refractivity contribution is 7.12. The lowest BCUT2D eigenvalue weighted by Crippen LogP contribution is -2.39. The molecule has 1 saturated carbocycles. The second kappa shape index (κ2) is 7.68. The standard InChI is InChI=1S/C20H22FN3O2S/c21-17-13-15(6-7-16(17)14-4-5-14)22-20(26)24-9-2-8-23(10-11-24)19(25)18-3-1-12-27-18/h1,3,6-7,12-14H,2,4-5,8-11H2,(H,22,26). The molecule has 3 amide bonds. The Hall–Kier alpha value is -2.41. The average molecular weight is 387 g/mol. The number of hydrogen-bond donors (Lipinski definition) is 1. The number of carbonyl (C=O) groups excluding carboxylic acids is 2. The number of urea groups is 1. The van der Waals surface area contributed by atoms with Gasteiger partial charge in [-0.05, 0) is 54.3 Å². The van der Waals surface area contributed by atoms with E-state index in [0.29, 0.717) is 37.8 Å². The van der Waals surface area contributed by atoms with Crippen molar-refractivity contribution in [2.45, 2.75) is 25.2 Å². The highest BCUT2D eigenvalue weighted by Gasteiger charge is 2.27. The SMILES string of the molecule is O=C(Nc1ccc(C2CC2)c(F)c1)N1CCCN(C(=O)c2cccs2)CC1. The van der Waals surface area contributed by atoms with Crippen molar-refractivity contribution in [2.24, 2.45) is 0 Å². The summed E-state index contributed by atoms with van der Waals surface area (Å²) in [6.45, 7) is 2.17. The van der Waals surface area contributed by atoms with Crippen LogP contribution in [0.1, 0.15) is 40.4 Å². The monoisotopic (exact) mass is 387 g/mol. The highest BCUT2D eigenvalue weighted by Crippen LogP contribution is 2.41. The van der Waals surface area contributed by atoms with Crippen molar-refractivity contribution in [2.75, 3.05) is 31.5 Å². The van der Waals surface area contributed by atoms with Gasteiger partial charge in [-0.25, -0.2) is 9.18 Å². The van der Waals surface area contributed by atoms with Gasteiger partial charge in [0.05, 0.1) is 4.88 Å². The molecule has 1 N–H and O–H groups in total. The summed E-state index contributed by atoms with van der Waals surface area (Å²) < 4.78 is 14.2. The Kier molecular flexibility index (Phi) is 5.11. The number of hydrogen-bond acceptors (Lipinski definition) is 3. The molecule has 1 saturated heterocycles. The number of benzene rings is 1. The fourth-order valence-corrected chi connectivity index (χ4v) is 4.10. The van der Waals surface area contributed by atoms with Gasteiger partial charge in [0.2, 0.25) is 0 Å². The van der Waals surface area contributed by atoms with Gasteiger partial charge >= 0.3 is 6.03 Å². The third-order valence-electron chi connectivity index (χ3n) is 5.07. The number of nitrogens with one attached hydrogen (secondary N) is 1. The van der Waals surface area contributed by atoms with E-state index in [1.165, 1.54) is 17.4 Å². The molecule has 142 valence electrons. The van der Waals surface area contributed by atoms with E-state index in [-0.39, 0.29) is 17.8 Å². The summed E-state index contributed by atoms with van der Waals surface area (Å²) in [5, 5.41) is 4.67. The molecule has 1 aliphatic carbocycles. The normalized spacial score (nSPS) is 17.5. The van der Waals surface area contributed by atoms with Crippen molar-refractivity contribution in [3.63, 3.8) is 0 Å². The first kappa shape index (κ1) is 18.0. The minimum absolute atomic E-state index is 0.0185. The predicted molar refractivity (Wildman–Crippen MR) is 104 cm³/mol. The van der Waals surface area contributed by atoms with Crippen LogP contribution in [0, 0.1) is 5.82 Å². The molecule has 2 aliphatic rings. The zero-order valence-electron chi connectivity index (χ0n) is 15.0. The molecule has 2 heterocycles. The molecule has 2 aromatic rings. The molecule has 0 spiro atoms. The number of thiophene rings is 1. The second-order valence-electron chi connectivity index (χ2n) is 7.05. The van der Waals surface area contributed by atoms with E-state index in [2.05, 4.69) is 5.32 Å². The molecular formula is C20H22FN3O2S. The van der Waals surface area contributed by atoms with Gasteiger partial charge < -0.3 is 15.1 Å². The Labute approximate surface area is 161 Å². The third kappa shape index (κ3) is 4.13. The molecule has 0 bridgehead atoms. The molecule has 7 heteroatoms. The van der Waals surface area contributed by atoms with Crippen LogP contribution in [0.4, 0.5) is 14.9 Å². The molecule has 5 nitrogen and oxygen atoms in total. The summed E-state index contributed by atoms with van der Waals surface area (Å²) in [4.78, 5) is 29.3. The fraction of sp³-hybridized carbons (Fsp3) is 0.400. The van der Waals surface area contributed by atoms with Crippen molar-refractivity contribution in [3.05, 3.63) is 52.0 Å². The Morgan fingerprint density at radius 3 is 2.56 bits per heavy atom. The number of rotatable bonds is 3. The molecule has 27 heavy (non-hydrogen) atoms. The van der Waals surface area contributed by atoms with Gasteiger partial charge in [0.1, 0.15) is 5.82 Å². The molecular weight excluding hydrogens is 365 g/mol. The predicted octanol–water partition coefficient (Wildman–Crippen LogP) is 4.14. The van der Waals surface area contributed by atoms with E-state index < -0.39 is 0 Å². The number of amides is 3. The smallest absolute Gasteiger partial charge is 0.321 e. The zero-order chi connectivity index (χ0) is 18.8. The lowest BCUT2D eigenvalue weighted by molar-refractivity contribution is 0.0767. The first-order chi connectivity index (χ1) is 13.1. The van der Waals surface area contributed by atoms with Gasteiger partial charge in [-0.2, -0.15) is 0 Å². The van der Waals surface area contributed by atoms with Crippen molar-refractivity contribution >= 4 is 29.0 Å². The van der Waals surface area contributed by atoms with E-state index in [1.54, 1.807) is 21.9 Å². The van der Waals surface area contributed by atoms with E-state index in [0.717, 1.165) is 29.7 Å². The van der Waals surface area contributed by atoms with Crippen LogP contribution in [0.3, 0.4) is 0 Å². The van der Waals surface area contributed by atoms with Gasteiger partial charge in [0.15, 0.2) is 0 Å². The number of nitrogens with zero attached hydrogens (tertiary/aromatic N) is 2. The van der Waals surface area contributed by atoms with Crippen molar-refractivity contribution in [3.8, 4) is 0 Å². The number of anilines is 1. The summed E-state index contributed by atoms with van der Waals surface area (Å²) in [5.74, 6) is 0.108. The largest absolute Gasteiger partial charge is 0.336 e. The minimum Gasteiger partial charge on any atom is -0.336 e. The minimum atomic E-state index is -0.251. The second-order valence-corrected chi connectivity index (χ2v) is 8.00. The van der Waals surface area contributed by atoms with Crippen LogP contribution in [0.25, 0.3) is 0 Å². The van der Waals surface area contributed by atoms with E-state index in [9.17, 15) is 14.0 Å². The topological polar surface area (TPSA) is 52.7 Å². The molecule has 0 radical (unpaired) electrons. The van der Waals surface area contributed by atoms with Crippen molar-refractivity contribution < 1.29 is 14.0 Å². The maximum Gasteiger partial charge on any atom is 0.321 e. The van der Waals surface area contributed by atoms with Crippen molar-refractivity contribution in [1.82, 2.24) is 9.80 Å². The van der Waals surface area contributed by atoms with Crippen molar-refractivity contribution in [1.29, 1.82) is 0 Å². The first-order valence-electron chi connectivity index (χ1n) is 9.30. The molecule has 1 aliphatic heterocycles. The Balaban J connectivity index is 1.35. The van der Waals surface area contributed by atoms with Gasteiger partial charge in [-0.15, -0.1) is 11.3 Å². The highest BCUT2D eigenvalue weighted by atomic mass is 32.1. The summed E-state index contributed by atoms with van der Waals surface area (Å²) in [6, 6.07) is 8.37. The molecule has 2 fully saturated rings. The third-order valence-corrected chi connectivity index (χ3v) is 5.93. The first-order valence-corrected chi connectivity index (χ1v) is 10.2. The lowest BCUT2D eigenvalue weighted by atomic mass is 10.1. The van der Waals surface area contributed by atoms with Crippen LogP contribution in [0.5, 0.6) is 0 Å². The van der Waals surface area contributed by atoms with Crippen LogP contribution in [-0.2, 0) is 0 Å². The molecule has 0 atom stereocenters. The summed E-state index contributed by atoms with van der Waals surface area (Å²) in [5.41, 5.74) is 1.21. The van der Waals surface area contributed by atoms with E-state index in [1.807, 2.05) is 17.5 Å². The average Bonchev–Trinajstić information content (AvgIpc) is 3.40. The Morgan fingerprint density at radius 1 is 1.07 bits per heavy atom. The van der Waals surface area contributed by atoms with Crippen LogP contribution in [-0.4, -0.2) is 47.9 Å². The summed E-state index contributed by atoms with van der Waals surface area (Å²) in [7, 11) is 0. The zero-order valence-corrected chi connectivity index (χ0v) is 15.8. The molecule has 4 rings (SSSR count). The van der Waals surface area contributed by atoms with Gasteiger partial charge in [0.25, 0.3) is 5.91 Å². The van der Waals surface area contributed by atoms with Gasteiger partial charge in [0, 0.05) is 31.9 Å². The number of carbonyl (C=O) groups is 2. The summed E-state index contributed by atoms with van der Waals surface area (Å²) >= 11 is 1.43. The molecule has 0 unspecified atom stereocenters. The Bertz CT molecular complexity index is 836. The van der Waals surface area contributed by atoms with Gasteiger partial charge in [-0.3, -0.25) is 4.79 Å². The molecule has 1 aromatic carbocycles. The maximum atomic E-state index is 14.2. The number of halogens is 1. The van der Waals surface area contributed by atoms with E-state index in [4.69, 9.17) is 0 Å². The van der Waals surface area contributed by atoms with Crippen LogP contribution >= 0.6 is 11.3 Å². The van der Waals surface area contributed by atoms with Crippen LogP contribution in [0.2, 0.25) is 0 Å². The lowest BCUT2D eigenvalue weighted by Gasteiger charge is -2.22. The summed E-state index contributed by atoms with van der Waals surface area (Å²) in [6.07, 6.45) is 2.80. The Morgan fingerprint density at radius 2 is 1.85 bits per heavy atom. The fourth-order valence-electron chi connectivity index (χ4n) is 3.41. The van der Waals surface area contributed by atoms with E-state index >= 15 is 0 Å². The molecule has 1 aromatic heterocycles. The quantitative estimate of drug-likeness (QED) is 0.860. The van der Waals surface area contributed by atoms with Crippen LogP contribution in [0.15, 0.2) is 35.7 Å².